The van der Waals surface area contributed by atoms with Gasteiger partial charge in [0.05, 0.1) is 19.3 Å². The second kappa shape index (κ2) is 21.8. The van der Waals surface area contributed by atoms with E-state index in [2.05, 4.69) is 30.9 Å². The van der Waals surface area contributed by atoms with Gasteiger partial charge in [0.15, 0.2) is 17.3 Å². The first kappa shape index (κ1) is 48.8. The Labute approximate surface area is 420 Å². The van der Waals surface area contributed by atoms with Crippen LogP contribution in [0.3, 0.4) is 0 Å². The molecule has 0 fully saturated rings. The Hall–Kier alpha value is -9.24. The third-order valence-corrected chi connectivity index (χ3v) is 13.3. The molecule has 6 aromatic carbocycles. The van der Waals surface area contributed by atoms with Crippen LogP contribution in [0.5, 0.6) is 0 Å². The molecule has 3 aromatic heterocycles. The SMILES string of the molecule is Nc1cc(C(=O)CCNC(=O)Cc2c[nH]c3ccccc23)ccc1C(c1ccc(C(=O)CCNC(=O)Cc2c[nH]c3ccccc23)cc1N)c1ccc(C(=O)CCNC(=O)Cc2c[nH]c3ccccc23)cc1N. The van der Waals surface area contributed by atoms with Gasteiger partial charge in [0.25, 0.3) is 0 Å². The number of hydrogen-bond donors (Lipinski definition) is 9. The van der Waals surface area contributed by atoms with E-state index in [-0.39, 0.29) is 110 Å². The summed E-state index contributed by atoms with van der Waals surface area (Å²) < 4.78 is 0. The molecule has 0 aliphatic carbocycles. The zero-order valence-electron chi connectivity index (χ0n) is 40.0. The number of aromatic amines is 3. The minimum atomic E-state index is -0.714. The average molecular weight is 974 g/mol. The number of Topliss-reactive ketones (excluding diaryl/α,β-unsaturated/α-hetero) is 3. The van der Waals surface area contributed by atoms with Crippen molar-refractivity contribution < 1.29 is 28.8 Å². The van der Waals surface area contributed by atoms with Crippen LogP contribution in [0.4, 0.5) is 17.1 Å². The molecule has 73 heavy (non-hydrogen) atoms. The molecule has 3 heterocycles. The monoisotopic (exact) mass is 973 g/mol. The lowest BCUT2D eigenvalue weighted by atomic mass is 9.81. The number of hydrogen-bond acceptors (Lipinski definition) is 9. The van der Waals surface area contributed by atoms with Gasteiger partial charge >= 0.3 is 0 Å². The van der Waals surface area contributed by atoms with Gasteiger partial charge in [-0.05, 0) is 69.8 Å². The van der Waals surface area contributed by atoms with Crippen LogP contribution in [-0.4, -0.2) is 69.7 Å². The number of rotatable bonds is 21. The second-order valence-electron chi connectivity index (χ2n) is 18.1. The first-order valence-corrected chi connectivity index (χ1v) is 24.1. The number of benzene rings is 6. The Kier molecular flexibility index (Phi) is 14.6. The maximum absolute atomic E-state index is 13.5. The summed E-state index contributed by atoms with van der Waals surface area (Å²) in [4.78, 5) is 88.6. The van der Waals surface area contributed by atoms with Crippen LogP contribution >= 0.6 is 0 Å². The molecule has 0 aliphatic rings. The van der Waals surface area contributed by atoms with E-state index in [4.69, 9.17) is 17.2 Å². The molecule has 0 saturated heterocycles. The van der Waals surface area contributed by atoms with Gasteiger partial charge in [-0.15, -0.1) is 0 Å². The summed E-state index contributed by atoms with van der Waals surface area (Å²) in [6.45, 7) is 0.382. The lowest BCUT2D eigenvalue weighted by Gasteiger charge is -2.24. The first-order valence-electron chi connectivity index (χ1n) is 24.1. The number of amides is 3. The molecule has 0 bridgehead atoms. The van der Waals surface area contributed by atoms with E-state index >= 15 is 0 Å². The lowest BCUT2D eigenvalue weighted by molar-refractivity contribution is -0.121. The van der Waals surface area contributed by atoms with Crippen LogP contribution in [0.1, 0.15) is 89.6 Å². The quantitative estimate of drug-likeness (QED) is 0.0193. The molecule has 9 aromatic rings. The summed E-state index contributed by atoms with van der Waals surface area (Å²) in [5.41, 5.74) is 29.3. The van der Waals surface area contributed by atoms with Crippen molar-refractivity contribution in [2.45, 2.75) is 44.4 Å². The minimum absolute atomic E-state index is 0.0360. The lowest BCUT2D eigenvalue weighted by Crippen LogP contribution is -2.27. The largest absolute Gasteiger partial charge is 0.398 e. The van der Waals surface area contributed by atoms with Gasteiger partial charge in [-0.3, -0.25) is 28.8 Å². The highest BCUT2D eigenvalue weighted by molar-refractivity contribution is 6.00. The van der Waals surface area contributed by atoms with E-state index in [1.807, 2.05) is 91.4 Å². The fourth-order valence-corrected chi connectivity index (χ4v) is 9.46. The van der Waals surface area contributed by atoms with Crippen LogP contribution in [-0.2, 0) is 33.6 Å². The number of fused-ring (bicyclic) bond motifs is 3. The van der Waals surface area contributed by atoms with E-state index in [9.17, 15) is 28.8 Å². The fraction of sp³-hybridized carbons (Fsp3) is 0.172. The maximum Gasteiger partial charge on any atom is 0.224 e. The highest BCUT2D eigenvalue weighted by Gasteiger charge is 2.26. The molecule has 15 nitrogen and oxygen atoms in total. The standard InChI is InChI=1S/C58H55N9O6/c59-46-25-34(52(68)19-22-62-55(71)28-37-31-65-49-10-4-1-7-40(37)49)13-16-43(46)58(44-17-14-35(26-47(44)60)53(69)20-23-63-56(72)29-38-32-66-50-11-5-2-8-41(38)50)45-18-15-36(27-48(45)61)54(70)21-24-64-57(73)30-39-33-67-51-12-6-3-9-42(39)51/h1-18,25-27,31-33,58,65-67H,19-24,28-30,59-61H2,(H,62,71)(H,63,72)(H,64,73). The van der Waals surface area contributed by atoms with Gasteiger partial charge in [-0.1, -0.05) is 91.0 Å². The minimum Gasteiger partial charge on any atom is -0.398 e. The van der Waals surface area contributed by atoms with Gasteiger partial charge in [-0.25, -0.2) is 0 Å². The number of para-hydroxylation sites is 3. The maximum atomic E-state index is 13.5. The molecule has 15 heteroatoms. The van der Waals surface area contributed by atoms with Crippen molar-refractivity contribution in [3.05, 3.63) is 196 Å². The number of aromatic nitrogens is 3. The number of ketones is 3. The number of carbonyl (C=O) groups is 6. The second-order valence-corrected chi connectivity index (χ2v) is 18.1. The first-order chi connectivity index (χ1) is 35.4. The molecule has 0 spiro atoms. The molecule has 3 amide bonds. The molecular formula is C58H55N9O6. The summed E-state index contributed by atoms with van der Waals surface area (Å²) in [6, 6.07) is 38.1. The Bertz CT molecular complexity index is 3200. The van der Waals surface area contributed by atoms with Crippen LogP contribution < -0.4 is 33.2 Å². The van der Waals surface area contributed by atoms with Crippen molar-refractivity contribution >= 4 is 84.8 Å². The summed E-state index contributed by atoms with van der Waals surface area (Å²) in [5, 5.41) is 11.4. The van der Waals surface area contributed by atoms with Crippen LogP contribution in [0.15, 0.2) is 146 Å². The molecule has 0 saturated carbocycles. The number of anilines is 3. The van der Waals surface area contributed by atoms with E-state index in [1.165, 1.54) is 0 Å². The number of nitrogens with two attached hydrogens (primary N) is 3. The Morgan fingerprint density at radius 1 is 0.397 bits per heavy atom. The molecular weight excluding hydrogens is 919 g/mol. The van der Waals surface area contributed by atoms with Gasteiger partial charge in [-0.2, -0.15) is 0 Å². The van der Waals surface area contributed by atoms with Gasteiger partial charge in [0.1, 0.15) is 0 Å². The van der Waals surface area contributed by atoms with E-state index in [1.54, 1.807) is 54.6 Å². The highest BCUT2D eigenvalue weighted by Crippen LogP contribution is 2.41. The topological polar surface area (TPSA) is 264 Å². The predicted octanol–water partition coefficient (Wildman–Crippen LogP) is 7.85. The third-order valence-electron chi connectivity index (χ3n) is 13.3. The number of nitrogens with one attached hydrogen (secondary N) is 6. The summed E-state index contributed by atoms with van der Waals surface area (Å²) >= 11 is 0. The van der Waals surface area contributed by atoms with Gasteiger partial charge in [0.2, 0.25) is 17.7 Å². The number of nitrogen functional groups attached to an aromatic ring is 3. The Morgan fingerprint density at radius 2 is 0.685 bits per heavy atom. The molecule has 12 N–H and O–H groups in total. The molecule has 368 valence electrons. The fourth-order valence-electron chi connectivity index (χ4n) is 9.46. The van der Waals surface area contributed by atoms with Crippen molar-refractivity contribution in [1.29, 1.82) is 0 Å². The Balaban J connectivity index is 0.885. The molecule has 9 rings (SSSR count). The van der Waals surface area contributed by atoms with Gasteiger partial charge in [0, 0.05) is 130 Å². The smallest absolute Gasteiger partial charge is 0.224 e. The van der Waals surface area contributed by atoms with Crippen molar-refractivity contribution in [3.63, 3.8) is 0 Å². The van der Waals surface area contributed by atoms with E-state index < -0.39 is 5.92 Å². The summed E-state index contributed by atoms with van der Waals surface area (Å²) in [6.07, 6.45) is 6.03. The molecule has 0 atom stereocenters. The summed E-state index contributed by atoms with van der Waals surface area (Å²) in [5.74, 6) is -2.02. The normalized spacial score (nSPS) is 11.3. The average Bonchev–Trinajstić information content (AvgIpc) is 4.12. The van der Waals surface area contributed by atoms with Crippen molar-refractivity contribution in [2.24, 2.45) is 0 Å². The summed E-state index contributed by atoms with van der Waals surface area (Å²) in [7, 11) is 0. The van der Waals surface area contributed by atoms with Crippen molar-refractivity contribution in [2.75, 3.05) is 36.8 Å². The Morgan fingerprint density at radius 3 is 0.973 bits per heavy atom. The van der Waals surface area contributed by atoms with E-state index in [0.717, 1.165) is 49.4 Å². The van der Waals surface area contributed by atoms with Crippen molar-refractivity contribution in [3.8, 4) is 0 Å². The van der Waals surface area contributed by atoms with Crippen LogP contribution in [0.25, 0.3) is 32.7 Å². The van der Waals surface area contributed by atoms with Crippen molar-refractivity contribution in [1.82, 2.24) is 30.9 Å². The van der Waals surface area contributed by atoms with Gasteiger partial charge < -0.3 is 48.1 Å². The van der Waals surface area contributed by atoms with E-state index in [0.29, 0.717) is 33.4 Å². The third kappa shape index (κ3) is 11.2. The number of H-pyrrole nitrogens is 3. The molecule has 0 radical (unpaired) electrons. The molecule has 0 aliphatic heterocycles. The molecule has 0 unspecified atom stereocenters. The van der Waals surface area contributed by atoms with Crippen LogP contribution in [0, 0.1) is 0 Å². The number of carbonyl (C=O) groups excluding carboxylic acids is 6. The highest BCUT2D eigenvalue weighted by atomic mass is 16.2. The van der Waals surface area contributed by atoms with Crippen LogP contribution in [0.2, 0.25) is 0 Å². The predicted molar refractivity (Wildman–Crippen MR) is 285 cm³/mol. The zero-order chi connectivity index (χ0) is 51.0. The zero-order valence-corrected chi connectivity index (χ0v) is 40.0.